The lowest BCUT2D eigenvalue weighted by Crippen LogP contribution is -2.17. The molecule has 168 valence electrons. The molecule has 0 aromatic heterocycles. The number of nitrogens with one attached hydrogen (secondary N) is 2. The zero-order valence-electron chi connectivity index (χ0n) is 18.6. The summed E-state index contributed by atoms with van der Waals surface area (Å²) >= 11 is 0. The Morgan fingerprint density at radius 2 is 1.34 bits per heavy atom. The summed E-state index contributed by atoms with van der Waals surface area (Å²) in [5, 5.41) is 2.78. The average molecular weight is 455 g/mol. The molecule has 0 heterocycles. The highest BCUT2D eigenvalue weighted by molar-refractivity contribution is 7.92. The van der Waals surface area contributed by atoms with Gasteiger partial charge in [0.25, 0.3) is 15.9 Å². The molecule has 2 N–H and O–H groups in total. The van der Waals surface area contributed by atoms with Crippen LogP contribution < -0.4 is 19.5 Å². The molecule has 0 radical (unpaired) electrons. The van der Waals surface area contributed by atoms with Gasteiger partial charge in [-0.05, 0) is 44.0 Å². The van der Waals surface area contributed by atoms with E-state index in [1.54, 1.807) is 38.1 Å². The number of carbonyl (C=O) groups excluding carboxylic acids is 1. The fourth-order valence-corrected chi connectivity index (χ4v) is 5.16. The Labute approximate surface area is 188 Å². The number of hydrogen-bond donors (Lipinski definition) is 2. The van der Waals surface area contributed by atoms with Gasteiger partial charge in [-0.15, -0.1) is 0 Å². The molecular formula is C24H26N2O5S. The van der Waals surface area contributed by atoms with Gasteiger partial charge in [-0.3, -0.25) is 9.52 Å². The molecule has 3 aromatic rings. The Morgan fingerprint density at radius 1 is 0.812 bits per heavy atom. The molecule has 0 saturated heterocycles. The number of carbonyl (C=O) groups is 1. The van der Waals surface area contributed by atoms with E-state index >= 15 is 0 Å². The number of methoxy groups -OCH3 is 2. The predicted octanol–water partition coefficient (Wildman–Crippen LogP) is 4.68. The number of hydrogen-bond acceptors (Lipinski definition) is 5. The standard InChI is InChI=1S/C24H26N2O5S/c1-15-11-16(2)23(17(3)12-15)32(28,29)26-20-14-21(30-4)19(13-22(20)31-5)25-24(27)18-9-7-6-8-10-18/h6-14,26H,1-5H3,(H,25,27). The van der Waals surface area contributed by atoms with Crippen LogP contribution in [0.1, 0.15) is 27.0 Å². The predicted molar refractivity (Wildman–Crippen MR) is 125 cm³/mol. The van der Waals surface area contributed by atoms with E-state index < -0.39 is 10.0 Å². The summed E-state index contributed by atoms with van der Waals surface area (Å²) in [6, 6.07) is 15.4. The van der Waals surface area contributed by atoms with Crippen molar-refractivity contribution >= 4 is 27.3 Å². The van der Waals surface area contributed by atoms with Gasteiger partial charge >= 0.3 is 0 Å². The van der Waals surface area contributed by atoms with Crippen molar-refractivity contribution in [1.82, 2.24) is 0 Å². The van der Waals surface area contributed by atoms with Crippen LogP contribution in [0.25, 0.3) is 0 Å². The first-order valence-corrected chi connectivity index (χ1v) is 11.4. The number of benzene rings is 3. The number of anilines is 2. The zero-order chi connectivity index (χ0) is 23.5. The van der Waals surface area contributed by atoms with Crippen molar-refractivity contribution in [3.63, 3.8) is 0 Å². The molecule has 0 fully saturated rings. The number of rotatable bonds is 7. The summed E-state index contributed by atoms with van der Waals surface area (Å²) in [6.07, 6.45) is 0. The Bertz CT molecular complexity index is 1230. The van der Waals surface area contributed by atoms with Gasteiger partial charge in [-0.25, -0.2) is 8.42 Å². The van der Waals surface area contributed by atoms with Gasteiger partial charge in [-0.2, -0.15) is 0 Å². The quantitative estimate of drug-likeness (QED) is 0.541. The van der Waals surface area contributed by atoms with E-state index in [4.69, 9.17) is 9.47 Å². The maximum absolute atomic E-state index is 13.2. The average Bonchev–Trinajstić information content (AvgIpc) is 2.73. The molecule has 7 nitrogen and oxygen atoms in total. The summed E-state index contributed by atoms with van der Waals surface area (Å²) in [6.45, 7) is 5.43. The van der Waals surface area contributed by atoms with Crippen LogP contribution in [0.15, 0.2) is 59.5 Å². The van der Waals surface area contributed by atoms with Crippen LogP contribution in [0.3, 0.4) is 0 Å². The Morgan fingerprint density at radius 3 is 1.91 bits per heavy atom. The minimum Gasteiger partial charge on any atom is -0.494 e. The van der Waals surface area contributed by atoms with Crippen LogP contribution in [0.5, 0.6) is 11.5 Å². The van der Waals surface area contributed by atoms with Gasteiger partial charge in [0.05, 0.1) is 30.5 Å². The number of ether oxygens (including phenoxy) is 2. The van der Waals surface area contributed by atoms with E-state index in [2.05, 4.69) is 10.0 Å². The molecule has 8 heteroatoms. The lowest BCUT2D eigenvalue weighted by molar-refractivity contribution is 0.102. The summed E-state index contributed by atoms with van der Waals surface area (Å²) < 4.78 is 39.8. The fraction of sp³-hybridized carbons (Fsp3) is 0.208. The maximum atomic E-state index is 13.2. The van der Waals surface area contributed by atoms with E-state index in [0.717, 1.165) is 5.56 Å². The first-order valence-electron chi connectivity index (χ1n) is 9.89. The molecule has 3 aromatic carbocycles. The minimum absolute atomic E-state index is 0.196. The topological polar surface area (TPSA) is 93.7 Å². The van der Waals surface area contributed by atoms with Crippen LogP contribution >= 0.6 is 0 Å². The molecule has 0 aliphatic heterocycles. The van der Waals surface area contributed by atoms with E-state index in [-0.39, 0.29) is 28.0 Å². The molecule has 32 heavy (non-hydrogen) atoms. The van der Waals surface area contributed by atoms with E-state index in [0.29, 0.717) is 22.4 Å². The molecule has 1 amide bonds. The van der Waals surface area contributed by atoms with Crippen LogP contribution in [0.2, 0.25) is 0 Å². The van der Waals surface area contributed by atoms with Crippen molar-refractivity contribution in [3.8, 4) is 11.5 Å². The zero-order valence-corrected chi connectivity index (χ0v) is 19.5. The first-order chi connectivity index (χ1) is 15.2. The van der Waals surface area contributed by atoms with Gasteiger partial charge < -0.3 is 14.8 Å². The van der Waals surface area contributed by atoms with Crippen molar-refractivity contribution in [3.05, 3.63) is 76.9 Å². The monoisotopic (exact) mass is 454 g/mol. The molecule has 0 spiro atoms. The Kier molecular flexibility index (Phi) is 6.74. The van der Waals surface area contributed by atoms with Crippen molar-refractivity contribution in [2.45, 2.75) is 25.7 Å². The Balaban J connectivity index is 1.99. The molecule has 0 unspecified atom stereocenters. The highest BCUT2D eigenvalue weighted by atomic mass is 32.2. The second-order valence-electron chi connectivity index (χ2n) is 7.41. The van der Waals surface area contributed by atoms with Gasteiger partial charge in [-0.1, -0.05) is 35.9 Å². The molecular weight excluding hydrogens is 428 g/mol. The fourth-order valence-electron chi connectivity index (χ4n) is 3.65. The van der Waals surface area contributed by atoms with E-state index in [1.165, 1.54) is 26.4 Å². The third-order valence-electron chi connectivity index (χ3n) is 4.92. The summed E-state index contributed by atoms with van der Waals surface area (Å²) in [5.74, 6) is 0.190. The third-order valence-corrected chi connectivity index (χ3v) is 6.59. The van der Waals surface area contributed by atoms with Crippen LogP contribution in [-0.4, -0.2) is 28.5 Å². The molecule has 0 aliphatic carbocycles. The number of amides is 1. The highest BCUT2D eigenvalue weighted by Crippen LogP contribution is 2.38. The molecule has 0 atom stereocenters. The smallest absolute Gasteiger partial charge is 0.262 e. The van der Waals surface area contributed by atoms with Gasteiger partial charge in [0.15, 0.2) is 0 Å². The van der Waals surface area contributed by atoms with Crippen LogP contribution in [0, 0.1) is 20.8 Å². The SMILES string of the molecule is COc1cc(NS(=O)(=O)c2c(C)cc(C)cc2C)c(OC)cc1NC(=O)c1ccccc1. The van der Waals surface area contributed by atoms with Gasteiger partial charge in [0.2, 0.25) is 0 Å². The van der Waals surface area contributed by atoms with Crippen molar-refractivity contribution in [2.75, 3.05) is 24.3 Å². The van der Waals surface area contributed by atoms with Crippen LogP contribution in [0.4, 0.5) is 11.4 Å². The van der Waals surface area contributed by atoms with Crippen molar-refractivity contribution in [1.29, 1.82) is 0 Å². The van der Waals surface area contributed by atoms with E-state index in [9.17, 15) is 13.2 Å². The molecule has 3 rings (SSSR count). The summed E-state index contributed by atoms with van der Waals surface area (Å²) in [4.78, 5) is 12.8. The molecule has 0 aliphatic rings. The maximum Gasteiger partial charge on any atom is 0.262 e. The number of sulfonamides is 1. The first kappa shape index (κ1) is 23.1. The molecule has 0 bridgehead atoms. The largest absolute Gasteiger partial charge is 0.494 e. The Hall–Kier alpha value is -3.52. The van der Waals surface area contributed by atoms with E-state index in [1.807, 2.05) is 25.1 Å². The van der Waals surface area contributed by atoms with Gasteiger partial charge in [0.1, 0.15) is 11.5 Å². The minimum atomic E-state index is -3.90. The second kappa shape index (κ2) is 9.32. The normalized spacial score (nSPS) is 11.0. The van der Waals surface area contributed by atoms with Gasteiger partial charge in [0, 0.05) is 17.7 Å². The summed E-state index contributed by atoms with van der Waals surface area (Å²) in [5.41, 5.74) is 3.30. The van der Waals surface area contributed by atoms with Crippen molar-refractivity contribution in [2.24, 2.45) is 0 Å². The summed E-state index contributed by atoms with van der Waals surface area (Å²) in [7, 11) is -1.04. The second-order valence-corrected chi connectivity index (χ2v) is 9.03. The lowest BCUT2D eigenvalue weighted by Gasteiger charge is -2.18. The van der Waals surface area contributed by atoms with Crippen molar-refractivity contribution < 1.29 is 22.7 Å². The molecule has 0 saturated carbocycles. The number of aryl methyl sites for hydroxylation is 3. The lowest BCUT2D eigenvalue weighted by atomic mass is 10.1. The third kappa shape index (κ3) is 4.86. The van der Waals surface area contributed by atoms with Crippen LogP contribution in [-0.2, 0) is 10.0 Å². The highest BCUT2D eigenvalue weighted by Gasteiger charge is 2.23.